The molecule has 2 N–H and O–H groups in total. The van der Waals surface area contributed by atoms with Crippen LogP contribution in [0.2, 0.25) is 0 Å². The number of benzene rings is 1. The van der Waals surface area contributed by atoms with Gasteiger partial charge in [0.25, 0.3) is 0 Å². The van der Waals surface area contributed by atoms with E-state index in [1.165, 1.54) is 23.5 Å². The van der Waals surface area contributed by atoms with E-state index in [0.717, 1.165) is 10.4 Å². The molecule has 0 aliphatic rings. The van der Waals surface area contributed by atoms with E-state index in [2.05, 4.69) is 5.32 Å². The van der Waals surface area contributed by atoms with Crippen molar-refractivity contribution in [2.24, 2.45) is 0 Å². The third-order valence-corrected chi connectivity index (χ3v) is 3.62. The number of thiophene rings is 1. The Morgan fingerprint density at radius 2 is 2.05 bits per heavy atom. The van der Waals surface area contributed by atoms with Gasteiger partial charge in [-0.05, 0) is 29.1 Å². The number of aliphatic hydroxyl groups excluding tert-OH is 1. The largest absolute Gasteiger partial charge is 0.386 e. The zero-order chi connectivity index (χ0) is 13.7. The molecule has 1 amide bonds. The van der Waals surface area contributed by atoms with Gasteiger partial charge in [0.05, 0.1) is 6.42 Å². The molecule has 1 aromatic heterocycles. The molecule has 3 nitrogen and oxygen atoms in total. The lowest BCUT2D eigenvalue weighted by Gasteiger charge is -2.10. The molecular weight excluding hydrogens is 265 g/mol. The second kappa shape index (κ2) is 6.45. The first kappa shape index (κ1) is 13.7. The lowest BCUT2D eigenvalue weighted by atomic mass is 10.1. The highest BCUT2D eigenvalue weighted by molar-refractivity contribution is 7.10. The van der Waals surface area contributed by atoms with Crippen LogP contribution in [0, 0.1) is 5.82 Å². The van der Waals surface area contributed by atoms with Crippen LogP contribution in [0.1, 0.15) is 16.5 Å². The van der Waals surface area contributed by atoms with Gasteiger partial charge in [-0.25, -0.2) is 4.39 Å². The Morgan fingerprint density at radius 1 is 1.32 bits per heavy atom. The molecule has 0 radical (unpaired) electrons. The predicted molar refractivity (Wildman–Crippen MR) is 72.4 cm³/mol. The average Bonchev–Trinajstić information content (AvgIpc) is 2.93. The van der Waals surface area contributed by atoms with Crippen LogP contribution >= 0.6 is 11.3 Å². The number of halogens is 1. The quantitative estimate of drug-likeness (QED) is 0.882. The number of aliphatic hydroxyl groups is 1. The van der Waals surface area contributed by atoms with E-state index in [9.17, 15) is 14.3 Å². The first-order valence-corrected chi connectivity index (χ1v) is 6.76. The van der Waals surface area contributed by atoms with Gasteiger partial charge in [-0.1, -0.05) is 18.2 Å². The predicted octanol–water partition coefficient (Wildman–Crippen LogP) is 2.28. The molecule has 1 heterocycles. The Balaban J connectivity index is 1.80. The van der Waals surface area contributed by atoms with Crippen molar-refractivity contribution < 1.29 is 14.3 Å². The van der Waals surface area contributed by atoms with Gasteiger partial charge >= 0.3 is 0 Å². The summed E-state index contributed by atoms with van der Waals surface area (Å²) in [5.74, 6) is -0.514. The molecule has 1 aromatic carbocycles. The maximum Gasteiger partial charge on any atom is 0.224 e. The molecule has 5 heteroatoms. The fourth-order valence-corrected chi connectivity index (χ4v) is 2.35. The highest BCUT2D eigenvalue weighted by Crippen LogP contribution is 2.17. The molecule has 2 rings (SSSR count). The summed E-state index contributed by atoms with van der Waals surface area (Å²) in [4.78, 5) is 12.5. The zero-order valence-electron chi connectivity index (χ0n) is 10.2. The second-order valence-electron chi connectivity index (χ2n) is 4.14. The molecule has 0 saturated heterocycles. The summed E-state index contributed by atoms with van der Waals surface area (Å²) in [6, 6.07) is 9.46. The third-order valence-electron chi connectivity index (χ3n) is 2.64. The van der Waals surface area contributed by atoms with E-state index in [1.54, 1.807) is 12.1 Å². The van der Waals surface area contributed by atoms with Crippen LogP contribution in [0.3, 0.4) is 0 Å². The Bertz CT molecular complexity index is 525. The van der Waals surface area contributed by atoms with Crippen molar-refractivity contribution >= 4 is 17.2 Å². The van der Waals surface area contributed by atoms with Crippen LogP contribution in [-0.4, -0.2) is 17.6 Å². The van der Waals surface area contributed by atoms with Gasteiger partial charge in [-0.3, -0.25) is 4.79 Å². The first-order valence-electron chi connectivity index (χ1n) is 5.88. The topological polar surface area (TPSA) is 49.3 Å². The van der Waals surface area contributed by atoms with Gasteiger partial charge in [0.1, 0.15) is 11.9 Å². The van der Waals surface area contributed by atoms with Gasteiger partial charge < -0.3 is 10.4 Å². The van der Waals surface area contributed by atoms with Crippen LogP contribution in [0.4, 0.5) is 4.39 Å². The number of hydrogen-bond donors (Lipinski definition) is 2. The summed E-state index contributed by atoms with van der Waals surface area (Å²) in [5, 5.41) is 14.3. The van der Waals surface area contributed by atoms with E-state index in [-0.39, 0.29) is 24.7 Å². The third kappa shape index (κ3) is 4.15. The highest BCUT2D eigenvalue weighted by atomic mass is 32.1. The highest BCUT2D eigenvalue weighted by Gasteiger charge is 2.10. The minimum Gasteiger partial charge on any atom is -0.386 e. The fraction of sp³-hybridized carbons (Fsp3) is 0.214. The van der Waals surface area contributed by atoms with Crippen LogP contribution in [-0.2, 0) is 11.2 Å². The van der Waals surface area contributed by atoms with Crippen LogP contribution < -0.4 is 5.32 Å². The summed E-state index contributed by atoms with van der Waals surface area (Å²) >= 11 is 1.45. The van der Waals surface area contributed by atoms with Crippen molar-refractivity contribution in [3.05, 3.63) is 58.0 Å². The first-order chi connectivity index (χ1) is 9.15. The van der Waals surface area contributed by atoms with E-state index in [1.807, 2.05) is 17.5 Å². The Kier molecular flexibility index (Phi) is 4.65. The summed E-state index contributed by atoms with van der Waals surface area (Å²) < 4.78 is 12.7. The maximum atomic E-state index is 12.7. The zero-order valence-corrected chi connectivity index (χ0v) is 11.0. The van der Waals surface area contributed by atoms with Crippen LogP contribution in [0.5, 0.6) is 0 Å². The van der Waals surface area contributed by atoms with E-state index in [4.69, 9.17) is 0 Å². The number of carbonyl (C=O) groups excluding carboxylic acids is 1. The second-order valence-corrected chi connectivity index (χ2v) is 5.12. The van der Waals surface area contributed by atoms with E-state index >= 15 is 0 Å². The van der Waals surface area contributed by atoms with Gasteiger partial charge in [0.15, 0.2) is 0 Å². The minimum absolute atomic E-state index is 0.178. The molecule has 0 fully saturated rings. The van der Waals surface area contributed by atoms with E-state index in [0.29, 0.717) is 0 Å². The minimum atomic E-state index is -0.683. The van der Waals surface area contributed by atoms with Crippen LogP contribution in [0.25, 0.3) is 0 Å². The lowest BCUT2D eigenvalue weighted by Crippen LogP contribution is -2.29. The van der Waals surface area contributed by atoms with Crippen molar-refractivity contribution in [1.29, 1.82) is 0 Å². The van der Waals surface area contributed by atoms with Crippen molar-refractivity contribution in [3.8, 4) is 0 Å². The Morgan fingerprint density at radius 3 is 2.68 bits per heavy atom. The average molecular weight is 279 g/mol. The SMILES string of the molecule is O=C(Cc1ccc(F)cc1)NCC(O)c1cccs1. The molecular formula is C14H14FNO2S. The molecule has 0 saturated carbocycles. The van der Waals surface area contributed by atoms with E-state index < -0.39 is 6.10 Å². The molecule has 0 aliphatic carbocycles. The normalized spacial score (nSPS) is 12.1. The summed E-state index contributed by atoms with van der Waals surface area (Å²) in [6.45, 7) is 0.181. The smallest absolute Gasteiger partial charge is 0.224 e. The van der Waals surface area contributed by atoms with Gasteiger partial charge in [0.2, 0.25) is 5.91 Å². The Labute approximate surface area is 114 Å². The van der Waals surface area contributed by atoms with Crippen molar-refractivity contribution in [2.45, 2.75) is 12.5 Å². The summed E-state index contributed by atoms with van der Waals surface area (Å²) in [5.41, 5.74) is 0.740. The number of amides is 1. The number of rotatable bonds is 5. The van der Waals surface area contributed by atoms with Crippen LogP contribution in [0.15, 0.2) is 41.8 Å². The summed E-state index contributed by atoms with van der Waals surface area (Å²) in [7, 11) is 0. The molecule has 1 atom stereocenters. The van der Waals surface area contributed by atoms with Crippen molar-refractivity contribution in [1.82, 2.24) is 5.32 Å². The molecule has 19 heavy (non-hydrogen) atoms. The van der Waals surface area contributed by atoms with Crippen molar-refractivity contribution in [2.75, 3.05) is 6.54 Å². The standard InChI is InChI=1S/C14H14FNO2S/c15-11-5-3-10(4-6-11)8-14(18)16-9-12(17)13-2-1-7-19-13/h1-7,12,17H,8-9H2,(H,16,18). The van der Waals surface area contributed by atoms with Gasteiger partial charge in [-0.2, -0.15) is 0 Å². The molecule has 0 bridgehead atoms. The molecule has 2 aromatic rings. The Hall–Kier alpha value is -1.72. The molecule has 100 valence electrons. The molecule has 0 spiro atoms. The number of nitrogens with one attached hydrogen (secondary N) is 1. The molecule has 0 aliphatic heterocycles. The lowest BCUT2D eigenvalue weighted by molar-refractivity contribution is -0.120. The van der Waals surface area contributed by atoms with Crippen molar-refractivity contribution in [3.63, 3.8) is 0 Å². The van der Waals surface area contributed by atoms with Gasteiger partial charge in [0, 0.05) is 11.4 Å². The van der Waals surface area contributed by atoms with Gasteiger partial charge in [-0.15, -0.1) is 11.3 Å². The maximum absolute atomic E-state index is 12.7. The fourth-order valence-electron chi connectivity index (χ4n) is 1.64. The monoisotopic (exact) mass is 279 g/mol. The molecule has 1 unspecified atom stereocenters. The number of carbonyl (C=O) groups is 1. The number of hydrogen-bond acceptors (Lipinski definition) is 3. The summed E-state index contributed by atoms with van der Waals surface area (Å²) in [6.07, 6.45) is -0.505.